The molecule has 0 aromatic heterocycles. The number of benzene rings is 1. The Morgan fingerprint density at radius 2 is 2.00 bits per heavy atom. The zero-order valence-electron chi connectivity index (χ0n) is 8.05. The van der Waals surface area contributed by atoms with Crippen molar-refractivity contribution in [1.82, 2.24) is 0 Å². The van der Waals surface area contributed by atoms with E-state index in [-0.39, 0.29) is 0 Å². The second kappa shape index (κ2) is 4.15. The molecule has 0 amide bonds. The fourth-order valence-corrected chi connectivity index (χ4v) is 1.32. The maximum Gasteiger partial charge on any atom is 0.119 e. The minimum absolute atomic E-state index is 0.741. The van der Waals surface area contributed by atoms with E-state index in [0.717, 1.165) is 18.8 Å². The number of aryl methyl sites for hydroxylation is 2. The molecule has 0 atom stereocenters. The van der Waals surface area contributed by atoms with Crippen LogP contribution in [0, 0.1) is 6.92 Å². The summed E-state index contributed by atoms with van der Waals surface area (Å²) in [6.07, 6.45) is 1.10. The van der Waals surface area contributed by atoms with Gasteiger partial charge in [0, 0.05) is 0 Å². The lowest BCUT2D eigenvalue weighted by Crippen LogP contribution is -1.93. The largest absolute Gasteiger partial charge is 0.494 e. The molecule has 1 heteroatoms. The van der Waals surface area contributed by atoms with Crippen LogP contribution >= 0.6 is 0 Å². The Bertz CT molecular complexity index is 253. The summed E-state index contributed by atoms with van der Waals surface area (Å²) >= 11 is 0. The van der Waals surface area contributed by atoms with Gasteiger partial charge in [-0.3, -0.25) is 0 Å². The average molecular weight is 164 g/mol. The van der Waals surface area contributed by atoms with E-state index in [4.69, 9.17) is 4.74 Å². The van der Waals surface area contributed by atoms with Crippen molar-refractivity contribution in [2.24, 2.45) is 0 Å². The second-order valence-corrected chi connectivity index (χ2v) is 2.87. The van der Waals surface area contributed by atoms with E-state index < -0.39 is 0 Å². The molecule has 0 fully saturated rings. The van der Waals surface area contributed by atoms with Gasteiger partial charge in [-0.25, -0.2) is 0 Å². The van der Waals surface area contributed by atoms with Crippen molar-refractivity contribution in [3.8, 4) is 5.75 Å². The predicted octanol–water partition coefficient (Wildman–Crippen LogP) is 2.96. The molecule has 0 aliphatic rings. The van der Waals surface area contributed by atoms with Crippen LogP contribution in [0.5, 0.6) is 5.75 Å². The Morgan fingerprint density at radius 1 is 1.25 bits per heavy atom. The van der Waals surface area contributed by atoms with Gasteiger partial charge in [0.25, 0.3) is 0 Å². The van der Waals surface area contributed by atoms with Crippen molar-refractivity contribution < 1.29 is 4.74 Å². The summed E-state index contributed by atoms with van der Waals surface area (Å²) in [5.74, 6) is 0.979. The van der Waals surface area contributed by atoms with Crippen molar-refractivity contribution in [3.05, 3.63) is 29.3 Å². The number of hydrogen-bond acceptors (Lipinski definition) is 1. The van der Waals surface area contributed by atoms with E-state index in [1.54, 1.807) is 0 Å². The Labute approximate surface area is 74.4 Å². The van der Waals surface area contributed by atoms with Gasteiger partial charge in [-0.2, -0.15) is 0 Å². The van der Waals surface area contributed by atoms with Gasteiger partial charge in [-0.1, -0.05) is 13.0 Å². The molecule has 1 aromatic rings. The Kier molecular flexibility index (Phi) is 3.15. The van der Waals surface area contributed by atoms with Gasteiger partial charge in [0.15, 0.2) is 0 Å². The normalized spacial score (nSPS) is 9.92. The van der Waals surface area contributed by atoms with Crippen LogP contribution in [0.1, 0.15) is 25.0 Å². The lowest BCUT2D eigenvalue weighted by molar-refractivity contribution is 0.340. The molecule has 0 saturated heterocycles. The molecule has 0 aliphatic heterocycles. The van der Waals surface area contributed by atoms with Gasteiger partial charge in [0.05, 0.1) is 6.61 Å². The first-order valence-electron chi connectivity index (χ1n) is 4.50. The van der Waals surface area contributed by atoms with E-state index in [9.17, 15) is 0 Å². The molecule has 12 heavy (non-hydrogen) atoms. The first kappa shape index (κ1) is 9.11. The van der Waals surface area contributed by atoms with E-state index in [2.05, 4.69) is 26.0 Å². The summed E-state index contributed by atoms with van der Waals surface area (Å²) in [5.41, 5.74) is 2.72. The number of hydrogen-bond donors (Lipinski definition) is 0. The summed E-state index contributed by atoms with van der Waals surface area (Å²) < 4.78 is 5.39. The quantitative estimate of drug-likeness (QED) is 0.667. The molecule has 0 unspecified atom stereocenters. The van der Waals surface area contributed by atoms with Crippen LogP contribution in [0.25, 0.3) is 0 Å². The van der Waals surface area contributed by atoms with Gasteiger partial charge in [0.1, 0.15) is 5.75 Å². The van der Waals surface area contributed by atoms with Crippen LogP contribution < -0.4 is 4.74 Å². The highest BCUT2D eigenvalue weighted by Gasteiger charge is 1.97. The van der Waals surface area contributed by atoms with Gasteiger partial charge in [-0.05, 0) is 43.5 Å². The summed E-state index contributed by atoms with van der Waals surface area (Å²) in [5, 5.41) is 0. The van der Waals surface area contributed by atoms with Gasteiger partial charge in [-0.15, -0.1) is 0 Å². The van der Waals surface area contributed by atoms with Crippen LogP contribution in [0.3, 0.4) is 0 Å². The molecular weight excluding hydrogens is 148 g/mol. The summed E-state index contributed by atoms with van der Waals surface area (Å²) in [7, 11) is 0. The SMILES string of the molecule is CCOc1ccc(CC)c(C)c1. The third-order valence-electron chi connectivity index (χ3n) is 2.01. The zero-order valence-corrected chi connectivity index (χ0v) is 8.05. The fraction of sp³-hybridized carbons (Fsp3) is 0.455. The predicted molar refractivity (Wildman–Crippen MR) is 51.7 cm³/mol. The highest BCUT2D eigenvalue weighted by molar-refractivity contribution is 5.34. The van der Waals surface area contributed by atoms with Crippen LogP contribution in [-0.4, -0.2) is 6.61 Å². The molecule has 1 rings (SSSR count). The molecular formula is C11H16O. The van der Waals surface area contributed by atoms with Crippen LogP contribution in [0.2, 0.25) is 0 Å². The zero-order chi connectivity index (χ0) is 8.97. The number of ether oxygens (including phenoxy) is 1. The first-order valence-corrected chi connectivity index (χ1v) is 4.50. The highest BCUT2D eigenvalue weighted by Crippen LogP contribution is 2.17. The van der Waals surface area contributed by atoms with E-state index in [1.807, 2.05) is 13.0 Å². The smallest absolute Gasteiger partial charge is 0.119 e. The van der Waals surface area contributed by atoms with Crippen LogP contribution in [0.4, 0.5) is 0 Å². The van der Waals surface area contributed by atoms with Crippen molar-refractivity contribution in [3.63, 3.8) is 0 Å². The second-order valence-electron chi connectivity index (χ2n) is 2.87. The lowest BCUT2D eigenvalue weighted by atomic mass is 10.1. The molecule has 0 spiro atoms. The Balaban J connectivity index is 2.86. The maximum atomic E-state index is 5.39. The van der Waals surface area contributed by atoms with E-state index in [1.165, 1.54) is 11.1 Å². The van der Waals surface area contributed by atoms with E-state index >= 15 is 0 Å². The third-order valence-corrected chi connectivity index (χ3v) is 2.01. The minimum Gasteiger partial charge on any atom is -0.494 e. The molecule has 66 valence electrons. The molecule has 0 saturated carbocycles. The van der Waals surface area contributed by atoms with E-state index in [0.29, 0.717) is 0 Å². The topological polar surface area (TPSA) is 9.23 Å². The minimum atomic E-state index is 0.741. The Morgan fingerprint density at radius 3 is 2.50 bits per heavy atom. The molecule has 0 radical (unpaired) electrons. The molecule has 0 heterocycles. The summed E-state index contributed by atoms with van der Waals surface area (Å²) in [6.45, 7) is 7.04. The van der Waals surface area contributed by atoms with Crippen molar-refractivity contribution in [2.75, 3.05) is 6.61 Å². The molecule has 1 aromatic carbocycles. The third kappa shape index (κ3) is 2.00. The molecule has 0 aliphatic carbocycles. The van der Waals surface area contributed by atoms with Crippen molar-refractivity contribution >= 4 is 0 Å². The maximum absolute atomic E-state index is 5.39. The summed E-state index contributed by atoms with van der Waals surface area (Å²) in [6, 6.07) is 6.28. The first-order chi connectivity index (χ1) is 5.77. The monoisotopic (exact) mass is 164 g/mol. The average Bonchev–Trinajstić information content (AvgIpc) is 2.05. The fourth-order valence-electron chi connectivity index (χ4n) is 1.32. The Hall–Kier alpha value is -0.980. The van der Waals surface area contributed by atoms with Crippen molar-refractivity contribution in [1.29, 1.82) is 0 Å². The van der Waals surface area contributed by atoms with Gasteiger partial charge < -0.3 is 4.74 Å². The molecule has 0 N–H and O–H groups in total. The highest BCUT2D eigenvalue weighted by atomic mass is 16.5. The lowest BCUT2D eigenvalue weighted by Gasteiger charge is -2.06. The van der Waals surface area contributed by atoms with Gasteiger partial charge in [0.2, 0.25) is 0 Å². The van der Waals surface area contributed by atoms with Crippen LogP contribution in [-0.2, 0) is 6.42 Å². The van der Waals surface area contributed by atoms with Crippen molar-refractivity contribution in [2.45, 2.75) is 27.2 Å². The number of rotatable bonds is 3. The molecule has 0 bridgehead atoms. The summed E-state index contributed by atoms with van der Waals surface area (Å²) in [4.78, 5) is 0. The van der Waals surface area contributed by atoms with Crippen LogP contribution in [0.15, 0.2) is 18.2 Å². The van der Waals surface area contributed by atoms with Gasteiger partial charge >= 0.3 is 0 Å². The standard InChI is InChI=1S/C11H16O/c1-4-10-6-7-11(12-5-2)8-9(10)3/h6-8H,4-5H2,1-3H3. The molecule has 1 nitrogen and oxygen atoms in total.